The average molecular weight is 733 g/mol. The molecule has 2 aliphatic carbocycles. The normalized spacial score (nSPS) is 25.9. The third-order valence-corrected chi connectivity index (χ3v) is 12.1. The van der Waals surface area contributed by atoms with Crippen LogP contribution in [0.15, 0.2) is 145 Å². The highest BCUT2D eigenvalue weighted by atomic mass is 35.5. The second-order valence-corrected chi connectivity index (χ2v) is 14.9. The molecule has 5 aromatic carbocycles. The molecule has 6 atom stereocenters. The number of imide groups is 2. The average Bonchev–Trinajstić information content (AvgIpc) is 3.59. The summed E-state index contributed by atoms with van der Waals surface area (Å²) in [6.45, 7) is 0. The molecule has 1 saturated carbocycles. The Labute approximate surface area is 316 Å². The van der Waals surface area contributed by atoms with Gasteiger partial charge in [-0.05, 0) is 84.5 Å². The summed E-state index contributed by atoms with van der Waals surface area (Å²) >= 11 is 6.40. The summed E-state index contributed by atoms with van der Waals surface area (Å²) in [7, 11) is 0. The molecule has 3 fully saturated rings. The Bertz CT molecular complexity index is 2390. The van der Waals surface area contributed by atoms with Crippen LogP contribution in [0.3, 0.4) is 0 Å². The fourth-order valence-corrected chi connectivity index (χ4v) is 9.74. The molecule has 0 spiro atoms. The van der Waals surface area contributed by atoms with E-state index in [4.69, 9.17) is 11.6 Å². The number of phenols is 1. The zero-order valence-corrected chi connectivity index (χ0v) is 29.6. The van der Waals surface area contributed by atoms with Crippen molar-refractivity contribution in [3.05, 3.63) is 172 Å². The minimum atomic E-state index is -1.40. The van der Waals surface area contributed by atoms with Crippen LogP contribution in [0.5, 0.6) is 5.75 Å². The van der Waals surface area contributed by atoms with E-state index < -0.39 is 46.8 Å². The van der Waals surface area contributed by atoms with Gasteiger partial charge in [0.2, 0.25) is 23.6 Å². The number of carbonyl (C=O) groups excluding carboxylic acids is 5. The number of fused-ring (bicyclic) bond motifs is 4. The first kappa shape index (κ1) is 33.7. The number of halogens is 1. The van der Waals surface area contributed by atoms with Crippen molar-refractivity contribution < 1.29 is 29.1 Å². The van der Waals surface area contributed by atoms with E-state index in [0.717, 1.165) is 5.57 Å². The van der Waals surface area contributed by atoms with Crippen molar-refractivity contribution in [2.75, 3.05) is 9.80 Å². The number of benzene rings is 5. The van der Waals surface area contributed by atoms with E-state index in [-0.39, 0.29) is 36.2 Å². The Kier molecular flexibility index (Phi) is 7.97. The number of allylic oxidation sites excluding steroid dienone is 2. The van der Waals surface area contributed by atoms with E-state index in [1.165, 1.54) is 9.80 Å². The van der Waals surface area contributed by atoms with Crippen LogP contribution in [0.25, 0.3) is 0 Å². The van der Waals surface area contributed by atoms with Gasteiger partial charge >= 0.3 is 0 Å². The predicted octanol–water partition coefficient (Wildman–Crippen LogP) is 7.64. The number of carbonyl (C=O) groups is 5. The molecule has 0 aromatic heterocycles. The van der Waals surface area contributed by atoms with Crippen molar-refractivity contribution in [1.82, 2.24) is 0 Å². The minimum Gasteiger partial charge on any atom is -0.508 e. The lowest BCUT2D eigenvalue weighted by Crippen LogP contribution is -2.53. The molecular formula is C45H33ClN2O6. The molecule has 8 nitrogen and oxygen atoms in total. The number of hydrogen-bond acceptors (Lipinski definition) is 6. The minimum absolute atomic E-state index is 0.0483. The Hall–Kier alpha value is -6.12. The van der Waals surface area contributed by atoms with Crippen molar-refractivity contribution in [3.63, 3.8) is 0 Å². The first-order chi connectivity index (χ1) is 26.2. The smallest absolute Gasteiger partial charge is 0.246 e. The van der Waals surface area contributed by atoms with Gasteiger partial charge in [0.25, 0.3) is 0 Å². The second-order valence-electron chi connectivity index (χ2n) is 14.4. The molecule has 0 unspecified atom stereocenters. The summed E-state index contributed by atoms with van der Waals surface area (Å²) in [5, 5.41) is 10.7. The zero-order valence-electron chi connectivity index (χ0n) is 28.8. The topological polar surface area (TPSA) is 112 Å². The van der Waals surface area contributed by atoms with E-state index in [0.29, 0.717) is 38.7 Å². The molecule has 9 heteroatoms. The highest BCUT2D eigenvalue weighted by Gasteiger charge is 2.70. The third kappa shape index (κ3) is 4.93. The van der Waals surface area contributed by atoms with Gasteiger partial charge in [-0.2, -0.15) is 0 Å². The van der Waals surface area contributed by atoms with Crippen molar-refractivity contribution in [2.24, 2.45) is 23.7 Å². The molecule has 0 radical (unpaired) electrons. The van der Waals surface area contributed by atoms with E-state index >= 15 is 4.79 Å². The number of nitrogens with zero attached hydrogens (tertiary/aromatic N) is 2. The molecule has 5 aromatic rings. The van der Waals surface area contributed by atoms with Crippen molar-refractivity contribution >= 4 is 52.4 Å². The van der Waals surface area contributed by atoms with Crippen LogP contribution in [-0.2, 0) is 24.6 Å². The van der Waals surface area contributed by atoms with Gasteiger partial charge in [0.1, 0.15) is 5.75 Å². The van der Waals surface area contributed by atoms with Crippen molar-refractivity contribution in [1.29, 1.82) is 0 Å². The summed E-state index contributed by atoms with van der Waals surface area (Å²) in [6, 6.07) is 38.0. The Balaban J connectivity index is 1.16. The molecule has 4 aliphatic rings. The second kappa shape index (κ2) is 12.8. The Morgan fingerprint density at radius 1 is 0.667 bits per heavy atom. The summed E-state index contributed by atoms with van der Waals surface area (Å²) in [5.74, 6) is -5.21. The first-order valence-electron chi connectivity index (χ1n) is 18.0. The molecule has 1 N–H and O–H groups in total. The summed E-state index contributed by atoms with van der Waals surface area (Å²) in [4.78, 5) is 74.6. The van der Waals surface area contributed by atoms with Crippen LogP contribution in [0.4, 0.5) is 11.4 Å². The number of ketones is 1. The van der Waals surface area contributed by atoms with Crippen LogP contribution < -0.4 is 9.80 Å². The molecule has 9 rings (SSSR count). The highest BCUT2D eigenvalue weighted by Crippen LogP contribution is 2.64. The number of phenolic OH excluding ortho intramolecular Hbond substituents is 1. The summed E-state index contributed by atoms with van der Waals surface area (Å²) in [6.07, 6.45) is 2.43. The van der Waals surface area contributed by atoms with Crippen molar-refractivity contribution in [3.8, 4) is 5.75 Å². The lowest BCUT2D eigenvalue weighted by atomic mass is 9.49. The van der Waals surface area contributed by atoms with Crippen LogP contribution >= 0.6 is 11.6 Å². The lowest BCUT2D eigenvalue weighted by Gasteiger charge is -2.50. The van der Waals surface area contributed by atoms with Gasteiger partial charge in [-0.1, -0.05) is 102 Å². The lowest BCUT2D eigenvalue weighted by molar-refractivity contribution is -0.127. The summed E-state index contributed by atoms with van der Waals surface area (Å²) in [5.41, 5.74) is 2.48. The Morgan fingerprint density at radius 2 is 1.33 bits per heavy atom. The highest BCUT2D eigenvalue weighted by molar-refractivity contribution is 6.32. The maximum Gasteiger partial charge on any atom is 0.246 e. The maximum absolute atomic E-state index is 15.3. The van der Waals surface area contributed by atoms with E-state index in [1.54, 1.807) is 97.1 Å². The third-order valence-electron chi connectivity index (χ3n) is 11.8. The zero-order chi connectivity index (χ0) is 37.3. The van der Waals surface area contributed by atoms with E-state index in [2.05, 4.69) is 0 Å². The molecule has 2 saturated heterocycles. The van der Waals surface area contributed by atoms with Crippen molar-refractivity contribution in [2.45, 2.75) is 24.2 Å². The number of aromatic hydroxyl groups is 1. The molecule has 54 heavy (non-hydrogen) atoms. The van der Waals surface area contributed by atoms with Gasteiger partial charge in [-0.3, -0.25) is 28.9 Å². The number of rotatable bonds is 6. The first-order valence-corrected chi connectivity index (χ1v) is 18.3. The van der Waals surface area contributed by atoms with Gasteiger partial charge in [0.15, 0.2) is 5.78 Å². The molecule has 0 bridgehead atoms. The van der Waals surface area contributed by atoms with Gasteiger partial charge < -0.3 is 5.11 Å². The maximum atomic E-state index is 15.3. The standard InChI is InChI=1S/C45H33ClN2O6/c46-30-12-7-13-32(24-30)48-42(52)37-25-36-34(39(26-16-20-33(49)21-17-26)45(37,44(48)54)29-10-5-2-6-11-29)22-23-35-38(36)43(53)47(41(35)51)31-18-14-28(15-19-31)40(50)27-8-3-1-4-9-27/h1-22,24,35-39,49H,23,25H2/t35-,36+,37-,38-,39-,45+/m0/s1. The fraction of sp³-hybridized carbons (Fsp3) is 0.178. The van der Waals surface area contributed by atoms with Gasteiger partial charge in [0.05, 0.1) is 34.5 Å². The van der Waals surface area contributed by atoms with Gasteiger partial charge in [0, 0.05) is 22.1 Å². The van der Waals surface area contributed by atoms with Gasteiger partial charge in [-0.15, -0.1) is 0 Å². The number of anilines is 2. The van der Waals surface area contributed by atoms with Crippen LogP contribution in [0.2, 0.25) is 5.02 Å². The molecular weight excluding hydrogens is 700 g/mol. The number of amides is 4. The largest absolute Gasteiger partial charge is 0.508 e. The van der Waals surface area contributed by atoms with E-state index in [1.807, 2.05) is 42.5 Å². The summed E-state index contributed by atoms with van der Waals surface area (Å²) < 4.78 is 0. The fourth-order valence-electron chi connectivity index (χ4n) is 9.56. The predicted molar refractivity (Wildman–Crippen MR) is 203 cm³/mol. The molecule has 266 valence electrons. The Morgan fingerprint density at radius 3 is 2.02 bits per heavy atom. The number of hydrogen-bond donors (Lipinski definition) is 1. The van der Waals surface area contributed by atoms with Crippen LogP contribution in [0.1, 0.15) is 45.8 Å². The molecule has 2 aliphatic heterocycles. The van der Waals surface area contributed by atoms with Gasteiger partial charge in [-0.25, -0.2) is 4.90 Å². The SMILES string of the molecule is O=C(c1ccccc1)c1ccc(N2C(=O)[C@H]3[C@H](CC=C4[C@H]3C[C@H]3C(=O)N(c5cccc(Cl)c5)C(=O)[C@@]3(c3ccccc3)[C@H]4c3ccc(O)cc3)C2=O)cc1. The molecule has 2 heterocycles. The molecule has 4 amide bonds. The monoisotopic (exact) mass is 732 g/mol. The van der Waals surface area contributed by atoms with Crippen LogP contribution in [-0.4, -0.2) is 34.5 Å². The quantitative estimate of drug-likeness (QED) is 0.109. The van der Waals surface area contributed by atoms with Crippen LogP contribution in [0, 0.1) is 23.7 Å². The van der Waals surface area contributed by atoms with E-state index in [9.17, 15) is 24.3 Å².